The van der Waals surface area contributed by atoms with Crippen LogP contribution in [-0.4, -0.2) is 22.9 Å². The molecular formula is C12H17ClN2OS. The maximum atomic E-state index is 9.07. The second-order valence-electron chi connectivity index (χ2n) is 3.80. The van der Waals surface area contributed by atoms with Crippen LogP contribution in [0, 0.1) is 6.92 Å². The molecule has 0 aliphatic rings. The molecule has 0 saturated carbocycles. The molecule has 0 aliphatic heterocycles. The van der Waals surface area contributed by atoms with Gasteiger partial charge >= 0.3 is 0 Å². The molecular weight excluding hydrogens is 256 g/mol. The fourth-order valence-corrected chi connectivity index (χ4v) is 1.81. The highest BCUT2D eigenvalue weighted by atomic mass is 35.5. The average Bonchev–Trinajstić information content (AvgIpc) is 2.32. The smallest absolute Gasteiger partial charge is 0.171 e. The second-order valence-corrected chi connectivity index (χ2v) is 4.61. The summed E-state index contributed by atoms with van der Waals surface area (Å²) in [6.07, 6.45) is 0.812. The van der Waals surface area contributed by atoms with Crippen LogP contribution in [0.3, 0.4) is 0 Å². The van der Waals surface area contributed by atoms with Crippen molar-refractivity contribution >= 4 is 34.6 Å². The summed E-state index contributed by atoms with van der Waals surface area (Å²) in [5, 5.41) is 16.4. The average molecular weight is 273 g/mol. The van der Waals surface area contributed by atoms with Crippen molar-refractivity contribution < 1.29 is 5.11 Å². The van der Waals surface area contributed by atoms with Gasteiger partial charge in [0.1, 0.15) is 0 Å². The number of benzene rings is 1. The van der Waals surface area contributed by atoms with E-state index >= 15 is 0 Å². The summed E-state index contributed by atoms with van der Waals surface area (Å²) >= 11 is 11.2. The van der Waals surface area contributed by atoms with Gasteiger partial charge in [-0.25, -0.2) is 0 Å². The van der Waals surface area contributed by atoms with Gasteiger partial charge in [0.2, 0.25) is 0 Å². The molecule has 1 atom stereocenters. The minimum Gasteiger partial charge on any atom is -0.394 e. The van der Waals surface area contributed by atoms with Gasteiger partial charge in [0, 0.05) is 10.7 Å². The quantitative estimate of drug-likeness (QED) is 0.738. The minimum absolute atomic E-state index is 0.0190. The van der Waals surface area contributed by atoms with Crippen LogP contribution in [0.4, 0.5) is 5.69 Å². The van der Waals surface area contributed by atoms with E-state index in [0.717, 1.165) is 17.7 Å². The Morgan fingerprint density at radius 3 is 2.82 bits per heavy atom. The van der Waals surface area contributed by atoms with E-state index in [1.54, 1.807) is 0 Å². The molecule has 5 heteroatoms. The van der Waals surface area contributed by atoms with Crippen LogP contribution in [-0.2, 0) is 0 Å². The standard InChI is InChI=1S/C12H17ClN2OS/c1-3-9(7-16)14-12(17)15-11-6-4-5-10(13)8(11)2/h4-6,9,16H,3,7H2,1-2H3,(H2,14,15,17)/t9-/m0/s1. The number of hydrogen-bond acceptors (Lipinski definition) is 2. The van der Waals surface area contributed by atoms with E-state index in [2.05, 4.69) is 10.6 Å². The lowest BCUT2D eigenvalue weighted by atomic mass is 10.2. The summed E-state index contributed by atoms with van der Waals surface area (Å²) in [4.78, 5) is 0. The number of halogens is 1. The maximum Gasteiger partial charge on any atom is 0.171 e. The SMILES string of the molecule is CC[C@@H](CO)NC(=S)Nc1cccc(Cl)c1C. The van der Waals surface area contributed by atoms with E-state index in [-0.39, 0.29) is 12.6 Å². The van der Waals surface area contributed by atoms with Crippen molar-refractivity contribution in [1.29, 1.82) is 0 Å². The molecule has 0 amide bonds. The minimum atomic E-state index is -0.0190. The molecule has 1 rings (SSSR count). The van der Waals surface area contributed by atoms with Gasteiger partial charge in [-0.15, -0.1) is 0 Å². The lowest BCUT2D eigenvalue weighted by molar-refractivity contribution is 0.253. The van der Waals surface area contributed by atoms with Gasteiger partial charge in [-0.1, -0.05) is 24.6 Å². The lowest BCUT2D eigenvalue weighted by Gasteiger charge is -2.18. The summed E-state index contributed by atoms with van der Waals surface area (Å²) in [5.74, 6) is 0. The van der Waals surface area contributed by atoms with Gasteiger partial charge in [0.25, 0.3) is 0 Å². The van der Waals surface area contributed by atoms with E-state index < -0.39 is 0 Å². The molecule has 0 fully saturated rings. The fraction of sp³-hybridized carbons (Fsp3) is 0.417. The normalized spacial score (nSPS) is 12.0. The van der Waals surface area contributed by atoms with Gasteiger partial charge in [0.05, 0.1) is 12.6 Å². The predicted octanol–water partition coefficient (Wildman–Crippen LogP) is 2.71. The molecule has 1 aromatic rings. The van der Waals surface area contributed by atoms with E-state index in [1.807, 2.05) is 32.0 Å². The van der Waals surface area contributed by atoms with Crippen molar-refractivity contribution in [1.82, 2.24) is 5.32 Å². The Kier molecular flexibility index (Phi) is 5.68. The zero-order valence-corrected chi connectivity index (χ0v) is 11.5. The van der Waals surface area contributed by atoms with Gasteiger partial charge in [0.15, 0.2) is 5.11 Å². The highest BCUT2D eigenvalue weighted by Crippen LogP contribution is 2.22. The molecule has 17 heavy (non-hydrogen) atoms. The van der Waals surface area contributed by atoms with Gasteiger partial charge in [-0.3, -0.25) is 0 Å². The van der Waals surface area contributed by atoms with Crippen molar-refractivity contribution in [3.63, 3.8) is 0 Å². The third kappa shape index (κ3) is 4.15. The molecule has 0 heterocycles. The Hall–Kier alpha value is -0.840. The van der Waals surface area contributed by atoms with Crippen molar-refractivity contribution in [3.8, 4) is 0 Å². The zero-order chi connectivity index (χ0) is 12.8. The van der Waals surface area contributed by atoms with Crippen LogP contribution in [0.1, 0.15) is 18.9 Å². The molecule has 1 aromatic carbocycles. The van der Waals surface area contributed by atoms with Crippen molar-refractivity contribution in [2.24, 2.45) is 0 Å². The molecule has 0 aliphatic carbocycles. The van der Waals surface area contributed by atoms with Crippen LogP contribution in [0.15, 0.2) is 18.2 Å². The summed E-state index contributed by atoms with van der Waals surface area (Å²) in [5.41, 5.74) is 1.83. The summed E-state index contributed by atoms with van der Waals surface area (Å²) in [6, 6.07) is 5.59. The third-order valence-corrected chi connectivity index (χ3v) is 3.19. The Morgan fingerprint density at radius 2 is 2.24 bits per heavy atom. The van der Waals surface area contributed by atoms with Crippen LogP contribution in [0.25, 0.3) is 0 Å². The molecule has 0 radical (unpaired) electrons. The van der Waals surface area contributed by atoms with Crippen LogP contribution in [0.5, 0.6) is 0 Å². The molecule has 0 saturated heterocycles. The Labute approximate surface area is 112 Å². The van der Waals surface area contributed by atoms with Crippen molar-refractivity contribution in [2.45, 2.75) is 26.3 Å². The topological polar surface area (TPSA) is 44.3 Å². The first-order valence-corrected chi connectivity index (χ1v) is 6.30. The first-order valence-electron chi connectivity index (χ1n) is 5.52. The fourth-order valence-electron chi connectivity index (χ4n) is 1.36. The number of rotatable bonds is 4. The van der Waals surface area contributed by atoms with E-state index in [1.165, 1.54) is 0 Å². The number of aliphatic hydroxyl groups is 1. The first kappa shape index (κ1) is 14.2. The van der Waals surface area contributed by atoms with E-state index in [4.69, 9.17) is 28.9 Å². The Morgan fingerprint density at radius 1 is 1.53 bits per heavy atom. The molecule has 3 N–H and O–H groups in total. The summed E-state index contributed by atoms with van der Waals surface area (Å²) in [6.45, 7) is 3.98. The van der Waals surface area contributed by atoms with Crippen LogP contribution < -0.4 is 10.6 Å². The molecule has 3 nitrogen and oxygen atoms in total. The van der Waals surface area contributed by atoms with Gasteiger partial charge in [-0.2, -0.15) is 0 Å². The molecule has 0 bridgehead atoms. The molecule has 0 spiro atoms. The Balaban J connectivity index is 2.65. The van der Waals surface area contributed by atoms with Crippen molar-refractivity contribution in [3.05, 3.63) is 28.8 Å². The highest BCUT2D eigenvalue weighted by Gasteiger charge is 2.08. The van der Waals surface area contributed by atoms with Crippen LogP contribution >= 0.6 is 23.8 Å². The lowest BCUT2D eigenvalue weighted by Crippen LogP contribution is -2.39. The first-order chi connectivity index (χ1) is 8.08. The van der Waals surface area contributed by atoms with Crippen LogP contribution in [0.2, 0.25) is 5.02 Å². The maximum absolute atomic E-state index is 9.07. The predicted molar refractivity (Wildman–Crippen MR) is 76.7 cm³/mol. The number of nitrogens with one attached hydrogen (secondary N) is 2. The highest BCUT2D eigenvalue weighted by molar-refractivity contribution is 7.80. The van der Waals surface area contributed by atoms with E-state index in [9.17, 15) is 0 Å². The zero-order valence-electron chi connectivity index (χ0n) is 9.96. The van der Waals surface area contributed by atoms with Gasteiger partial charge in [-0.05, 0) is 43.3 Å². The molecule has 0 aromatic heterocycles. The van der Waals surface area contributed by atoms with Gasteiger partial charge < -0.3 is 15.7 Å². The van der Waals surface area contributed by atoms with Crippen molar-refractivity contribution in [2.75, 3.05) is 11.9 Å². The monoisotopic (exact) mass is 272 g/mol. The number of anilines is 1. The largest absolute Gasteiger partial charge is 0.394 e. The Bertz CT molecular complexity index is 394. The van der Waals surface area contributed by atoms with E-state index in [0.29, 0.717) is 10.1 Å². The second kappa shape index (κ2) is 6.79. The molecule has 0 unspecified atom stereocenters. The number of hydrogen-bond donors (Lipinski definition) is 3. The summed E-state index contributed by atoms with van der Waals surface area (Å²) < 4.78 is 0. The summed E-state index contributed by atoms with van der Waals surface area (Å²) in [7, 11) is 0. The number of thiocarbonyl (C=S) groups is 1. The third-order valence-electron chi connectivity index (χ3n) is 2.56. The number of aliphatic hydroxyl groups excluding tert-OH is 1. The molecule has 94 valence electrons.